The van der Waals surface area contributed by atoms with E-state index in [-0.39, 0.29) is 23.8 Å². The van der Waals surface area contributed by atoms with E-state index in [1.165, 1.54) is 5.01 Å². The molecule has 8 heteroatoms. The zero-order chi connectivity index (χ0) is 28.4. The number of amides is 2. The van der Waals surface area contributed by atoms with Gasteiger partial charge in [-0.15, -0.1) is 0 Å². The van der Waals surface area contributed by atoms with E-state index in [1.807, 2.05) is 58.0 Å². The number of para-hydroxylation sites is 1. The largest absolute Gasteiger partial charge is 0.457 e. The van der Waals surface area contributed by atoms with Crippen molar-refractivity contribution in [2.45, 2.75) is 45.4 Å². The first-order valence-corrected chi connectivity index (χ1v) is 13.3. The van der Waals surface area contributed by atoms with E-state index in [4.69, 9.17) is 9.47 Å². The van der Waals surface area contributed by atoms with Crippen LogP contribution in [-0.4, -0.2) is 39.4 Å². The summed E-state index contributed by atoms with van der Waals surface area (Å²) in [7, 11) is 0. The minimum Gasteiger partial charge on any atom is -0.457 e. The zero-order valence-electron chi connectivity index (χ0n) is 22.7. The molecule has 2 amide bonds. The molecular weight excluding hydrogens is 506 g/mol. The van der Waals surface area contributed by atoms with E-state index in [0.717, 1.165) is 0 Å². The van der Waals surface area contributed by atoms with Crippen LogP contribution in [0.4, 0.5) is 0 Å². The Labute approximate surface area is 232 Å². The minimum atomic E-state index is -1.11. The van der Waals surface area contributed by atoms with Crippen molar-refractivity contribution in [1.29, 1.82) is 5.26 Å². The van der Waals surface area contributed by atoms with Crippen molar-refractivity contribution in [3.8, 4) is 17.6 Å². The van der Waals surface area contributed by atoms with Crippen LogP contribution in [0.15, 0.2) is 78.9 Å². The number of hydrazine groups is 1. The molecule has 1 saturated carbocycles. The molecule has 1 aliphatic carbocycles. The highest BCUT2D eigenvalue weighted by molar-refractivity contribution is 6.21. The Kier molecular flexibility index (Phi) is 5.82. The zero-order valence-corrected chi connectivity index (χ0v) is 22.7. The van der Waals surface area contributed by atoms with Gasteiger partial charge in [0.25, 0.3) is 11.8 Å². The van der Waals surface area contributed by atoms with Gasteiger partial charge in [-0.1, -0.05) is 56.3 Å². The Morgan fingerprint density at radius 1 is 0.875 bits per heavy atom. The third-order valence-corrected chi connectivity index (χ3v) is 8.49. The number of imide groups is 1. The van der Waals surface area contributed by atoms with Crippen LogP contribution in [0.5, 0.6) is 11.5 Å². The lowest BCUT2D eigenvalue weighted by Gasteiger charge is -2.18. The third kappa shape index (κ3) is 3.97. The Hall–Kier alpha value is -4.48. The topological polar surface area (TPSA) is 99.7 Å². The number of esters is 1. The summed E-state index contributed by atoms with van der Waals surface area (Å²) < 4.78 is 11.6. The summed E-state index contributed by atoms with van der Waals surface area (Å²) in [4.78, 5) is 39.8. The van der Waals surface area contributed by atoms with E-state index in [0.29, 0.717) is 28.2 Å². The Morgan fingerprint density at radius 2 is 1.48 bits per heavy atom. The van der Waals surface area contributed by atoms with E-state index in [1.54, 1.807) is 53.5 Å². The molecular formula is C32H29N3O5. The average molecular weight is 536 g/mol. The molecule has 202 valence electrons. The SMILES string of the molecule is CC1(C)C([C@@H]2N(N3C(=O)c4ccccc4C3=O)C2(C)C)[C@H]1C(=O)O[C@@H](C#N)c1cccc(Oc2ccccc2)c1. The molecule has 40 heavy (non-hydrogen) atoms. The minimum absolute atomic E-state index is 0.161. The van der Waals surface area contributed by atoms with E-state index in [9.17, 15) is 19.6 Å². The van der Waals surface area contributed by atoms with Crippen LogP contribution in [0.2, 0.25) is 0 Å². The number of nitrogens with zero attached hydrogens (tertiary/aromatic N) is 3. The van der Waals surface area contributed by atoms with Crippen LogP contribution in [0.3, 0.4) is 0 Å². The normalized spacial score (nSPS) is 25.9. The van der Waals surface area contributed by atoms with Gasteiger partial charge in [0.1, 0.15) is 17.6 Å². The highest BCUT2D eigenvalue weighted by atomic mass is 16.5. The van der Waals surface area contributed by atoms with Crippen molar-refractivity contribution in [2.24, 2.45) is 17.3 Å². The number of fused-ring (bicyclic) bond motifs is 1. The fraction of sp³-hybridized carbons (Fsp3) is 0.312. The van der Waals surface area contributed by atoms with Crippen LogP contribution in [-0.2, 0) is 9.53 Å². The fourth-order valence-electron chi connectivity index (χ4n) is 6.28. The standard InChI is InChI=1S/C32H29N3O5/c1-31(2)25(27-32(3,4)35(27)34-28(36)22-15-8-9-16-23(22)29(34)37)26(31)30(38)40-24(18-33)19-11-10-14-21(17-19)39-20-12-6-5-7-13-20/h5-17,24-27H,1-4H3/t24-,25?,26-,27-,35?/m0/s1. The maximum Gasteiger partial charge on any atom is 0.311 e. The van der Waals surface area contributed by atoms with Gasteiger partial charge in [-0.05, 0) is 61.6 Å². The van der Waals surface area contributed by atoms with E-state index >= 15 is 0 Å². The molecule has 6 rings (SSSR count). The van der Waals surface area contributed by atoms with Crippen molar-refractivity contribution in [3.05, 3.63) is 95.6 Å². The van der Waals surface area contributed by atoms with Crippen LogP contribution < -0.4 is 4.74 Å². The van der Waals surface area contributed by atoms with Crippen LogP contribution in [0.1, 0.15) is 60.1 Å². The van der Waals surface area contributed by atoms with Gasteiger partial charge in [-0.3, -0.25) is 14.4 Å². The number of hydrogen-bond donors (Lipinski definition) is 0. The lowest BCUT2D eigenvalue weighted by atomic mass is 10.0. The Bertz CT molecular complexity index is 1540. The average Bonchev–Trinajstić information content (AvgIpc) is 3.67. The monoisotopic (exact) mass is 535 g/mol. The lowest BCUT2D eigenvalue weighted by Crippen LogP contribution is -2.38. The molecule has 0 spiro atoms. The van der Waals surface area contributed by atoms with Crippen molar-refractivity contribution >= 4 is 17.8 Å². The molecule has 5 atom stereocenters. The first-order valence-electron chi connectivity index (χ1n) is 13.3. The second kappa shape index (κ2) is 9.04. The van der Waals surface area contributed by atoms with Crippen molar-refractivity contribution < 1.29 is 23.9 Å². The van der Waals surface area contributed by atoms with Crippen molar-refractivity contribution in [1.82, 2.24) is 10.0 Å². The molecule has 0 N–H and O–H groups in total. The highest BCUT2D eigenvalue weighted by Gasteiger charge is 2.77. The van der Waals surface area contributed by atoms with Gasteiger partial charge in [-0.25, -0.2) is 5.01 Å². The second-order valence-corrected chi connectivity index (χ2v) is 11.7. The summed E-state index contributed by atoms with van der Waals surface area (Å²) in [6.07, 6.45) is -1.11. The molecule has 2 unspecified atom stereocenters. The summed E-state index contributed by atoms with van der Waals surface area (Å²) in [5.74, 6) is -0.640. The summed E-state index contributed by atoms with van der Waals surface area (Å²) in [6.45, 7) is 7.89. The molecule has 2 heterocycles. The Balaban J connectivity index is 1.18. The first-order chi connectivity index (χ1) is 19.1. The number of ether oxygens (including phenoxy) is 2. The molecule has 3 aliphatic rings. The molecule has 0 aromatic heterocycles. The number of hydrogen-bond acceptors (Lipinski definition) is 7. The molecule has 3 aromatic rings. The number of benzene rings is 3. The summed E-state index contributed by atoms with van der Waals surface area (Å²) >= 11 is 0. The number of carbonyl (C=O) groups excluding carboxylic acids is 3. The number of rotatable bonds is 7. The maximum absolute atomic E-state index is 13.5. The van der Waals surface area contributed by atoms with Crippen molar-refractivity contribution in [2.75, 3.05) is 0 Å². The van der Waals surface area contributed by atoms with Gasteiger partial charge in [0, 0.05) is 5.56 Å². The van der Waals surface area contributed by atoms with Gasteiger partial charge in [-0.2, -0.15) is 10.3 Å². The van der Waals surface area contributed by atoms with Crippen LogP contribution in [0.25, 0.3) is 0 Å². The molecule has 0 bridgehead atoms. The van der Waals surface area contributed by atoms with Crippen molar-refractivity contribution in [3.63, 3.8) is 0 Å². The highest BCUT2D eigenvalue weighted by Crippen LogP contribution is 2.68. The molecule has 0 radical (unpaired) electrons. The smallest absolute Gasteiger partial charge is 0.311 e. The third-order valence-electron chi connectivity index (χ3n) is 8.49. The number of nitriles is 1. The maximum atomic E-state index is 13.5. The van der Waals surface area contributed by atoms with Gasteiger partial charge >= 0.3 is 5.97 Å². The first kappa shape index (κ1) is 25.8. The van der Waals surface area contributed by atoms with Gasteiger partial charge < -0.3 is 9.47 Å². The van der Waals surface area contributed by atoms with Crippen LogP contribution in [0, 0.1) is 28.6 Å². The molecule has 3 aromatic carbocycles. The molecule has 2 aliphatic heterocycles. The lowest BCUT2D eigenvalue weighted by molar-refractivity contribution is -0.149. The quantitative estimate of drug-likeness (QED) is 0.223. The van der Waals surface area contributed by atoms with Crippen LogP contribution >= 0.6 is 0 Å². The fourth-order valence-corrected chi connectivity index (χ4v) is 6.28. The van der Waals surface area contributed by atoms with E-state index in [2.05, 4.69) is 6.07 Å². The van der Waals surface area contributed by atoms with E-state index < -0.39 is 28.9 Å². The summed E-state index contributed by atoms with van der Waals surface area (Å²) in [5, 5.41) is 12.9. The van der Waals surface area contributed by atoms with Gasteiger partial charge in [0.05, 0.1) is 28.6 Å². The molecule has 8 nitrogen and oxygen atoms in total. The Morgan fingerprint density at radius 3 is 2.10 bits per heavy atom. The number of carbonyl (C=O) groups is 3. The predicted molar refractivity (Wildman–Crippen MR) is 145 cm³/mol. The molecule has 2 fully saturated rings. The second-order valence-electron chi connectivity index (χ2n) is 11.7. The summed E-state index contributed by atoms with van der Waals surface area (Å²) in [6, 6.07) is 24.9. The van der Waals surface area contributed by atoms with Gasteiger partial charge in [0.2, 0.25) is 6.10 Å². The summed E-state index contributed by atoms with van der Waals surface area (Å²) in [5.41, 5.74) is 0.330. The van der Waals surface area contributed by atoms with Gasteiger partial charge in [0.15, 0.2) is 0 Å². The molecule has 1 saturated heterocycles. The predicted octanol–water partition coefficient (Wildman–Crippen LogP) is 5.53.